The minimum absolute atomic E-state index is 0.0965. The zero-order chi connectivity index (χ0) is 11.4. The lowest BCUT2D eigenvalue weighted by Gasteiger charge is -2.17. The van der Waals surface area contributed by atoms with Crippen molar-refractivity contribution in [1.29, 1.82) is 0 Å². The van der Waals surface area contributed by atoms with Crippen molar-refractivity contribution in [3.8, 4) is 5.75 Å². The summed E-state index contributed by atoms with van der Waals surface area (Å²) in [6, 6.07) is 4.59. The first-order chi connectivity index (χ1) is 7.06. The molecule has 0 spiro atoms. The fourth-order valence-corrected chi connectivity index (χ4v) is 1.65. The molecule has 0 bridgehead atoms. The maximum Gasteiger partial charge on any atom is 0.129 e. The smallest absolute Gasteiger partial charge is 0.129 e. The summed E-state index contributed by atoms with van der Waals surface area (Å²) < 4.78 is 0.485. The van der Waals surface area contributed by atoms with Gasteiger partial charge in [-0.2, -0.15) is 0 Å². The van der Waals surface area contributed by atoms with Gasteiger partial charge < -0.3 is 21.1 Å². The second kappa shape index (κ2) is 5.46. The Labute approximate surface area is 96.5 Å². The van der Waals surface area contributed by atoms with Crippen molar-refractivity contribution in [1.82, 2.24) is 0 Å². The molecule has 4 nitrogen and oxygen atoms in total. The number of rotatable bonds is 4. The standard InChI is InChI=1S/C10H14BrNO3/c11-7-5-6(1-2-8(7)13)10(15)9(14)3-4-12/h1-2,5,9-10,13-15H,3-4,12H2. The van der Waals surface area contributed by atoms with Gasteiger partial charge in [0.1, 0.15) is 11.9 Å². The Morgan fingerprint density at radius 2 is 2.00 bits per heavy atom. The van der Waals surface area contributed by atoms with E-state index < -0.39 is 12.2 Å². The van der Waals surface area contributed by atoms with Crippen LogP contribution in [0.1, 0.15) is 18.1 Å². The average molecular weight is 276 g/mol. The third-order valence-corrected chi connectivity index (χ3v) is 2.78. The van der Waals surface area contributed by atoms with Crippen LogP contribution in [-0.2, 0) is 0 Å². The first kappa shape index (κ1) is 12.4. The fraction of sp³-hybridized carbons (Fsp3) is 0.400. The van der Waals surface area contributed by atoms with E-state index in [9.17, 15) is 15.3 Å². The van der Waals surface area contributed by atoms with Crippen LogP contribution in [0.4, 0.5) is 0 Å². The Morgan fingerprint density at radius 1 is 1.33 bits per heavy atom. The Kier molecular flexibility index (Phi) is 4.53. The lowest BCUT2D eigenvalue weighted by molar-refractivity contribution is 0.0149. The van der Waals surface area contributed by atoms with E-state index in [4.69, 9.17) is 5.73 Å². The van der Waals surface area contributed by atoms with Gasteiger partial charge in [0.25, 0.3) is 0 Å². The minimum atomic E-state index is -0.981. The van der Waals surface area contributed by atoms with Crippen LogP contribution in [-0.4, -0.2) is 28.0 Å². The van der Waals surface area contributed by atoms with Crippen molar-refractivity contribution in [3.05, 3.63) is 28.2 Å². The first-order valence-corrected chi connectivity index (χ1v) is 5.40. The number of benzene rings is 1. The minimum Gasteiger partial charge on any atom is -0.507 e. The van der Waals surface area contributed by atoms with Gasteiger partial charge in [-0.25, -0.2) is 0 Å². The highest BCUT2D eigenvalue weighted by atomic mass is 79.9. The molecule has 0 fully saturated rings. The van der Waals surface area contributed by atoms with E-state index in [0.29, 0.717) is 23.0 Å². The van der Waals surface area contributed by atoms with Gasteiger partial charge in [0.2, 0.25) is 0 Å². The van der Waals surface area contributed by atoms with Crippen LogP contribution in [0.25, 0.3) is 0 Å². The van der Waals surface area contributed by atoms with Crippen LogP contribution in [0.15, 0.2) is 22.7 Å². The summed E-state index contributed by atoms with van der Waals surface area (Å²) in [4.78, 5) is 0. The van der Waals surface area contributed by atoms with Gasteiger partial charge >= 0.3 is 0 Å². The normalized spacial score (nSPS) is 14.9. The Hall–Kier alpha value is -0.620. The number of nitrogens with two attached hydrogens (primary N) is 1. The molecule has 0 heterocycles. The van der Waals surface area contributed by atoms with Crippen molar-refractivity contribution in [2.45, 2.75) is 18.6 Å². The molecule has 84 valence electrons. The predicted molar refractivity (Wildman–Crippen MR) is 60.4 cm³/mol. The quantitative estimate of drug-likeness (QED) is 0.658. The molecule has 1 aromatic rings. The molecule has 0 radical (unpaired) electrons. The van der Waals surface area contributed by atoms with Gasteiger partial charge in [0.05, 0.1) is 10.6 Å². The number of hydrogen-bond donors (Lipinski definition) is 4. The summed E-state index contributed by atoms with van der Waals surface area (Å²) in [6.45, 7) is 0.317. The van der Waals surface area contributed by atoms with Gasteiger partial charge in [-0.05, 0) is 46.6 Å². The zero-order valence-corrected chi connectivity index (χ0v) is 9.68. The number of phenols is 1. The van der Waals surface area contributed by atoms with Gasteiger partial charge in [0.15, 0.2) is 0 Å². The van der Waals surface area contributed by atoms with Gasteiger partial charge in [-0.15, -0.1) is 0 Å². The number of aliphatic hydroxyl groups excluding tert-OH is 2. The van der Waals surface area contributed by atoms with E-state index in [1.165, 1.54) is 6.07 Å². The van der Waals surface area contributed by atoms with Crippen LogP contribution < -0.4 is 5.73 Å². The second-order valence-electron chi connectivity index (χ2n) is 3.30. The summed E-state index contributed by atoms with van der Waals surface area (Å²) in [5, 5.41) is 28.5. The topological polar surface area (TPSA) is 86.7 Å². The highest BCUT2D eigenvalue weighted by molar-refractivity contribution is 9.10. The summed E-state index contributed by atoms with van der Waals surface area (Å²) in [5.41, 5.74) is 5.82. The number of halogens is 1. The molecule has 2 unspecified atom stereocenters. The molecule has 0 amide bonds. The van der Waals surface area contributed by atoms with Crippen molar-refractivity contribution >= 4 is 15.9 Å². The average Bonchev–Trinajstić information content (AvgIpc) is 2.21. The lowest BCUT2D eigenvalue weighted by Crippen LogP contribution is -2.21. The summed E-state index contributed by atoms with van der Waals surface area (Å²) in [5.74, 6) is 0.0965. The molecule has 0 aliphatic carbocycles. The van der Waals surface area contributed by atoms with Crippen LogP contribution >= 0.6 is 15.9 Å². The molecule has 1 aromatic carbocycles. The molecule has 1 rings (SSSR count). The fourth-order valence-electron chi connectivity index (χ4n) is 1.26. The van der Waals surface area contributed by atoms with Crippen molar-refractivity contribution in [2.24, 2.45) is 5.73 Å². The van der Waals surface area contributed by atoms with Crippen molar-refractivity contribution < 1.29 is 15.3 Å². The van der Waals surface area contributed by atoms with E-state index >= 15 is 0 Å². The van der Waals surface area contributed by atoms with Gasteiger partial charge in [0, 0.05) is 0 Å². The number of aromatic hydroxyl groups is 1. The molecule has 0 aromatic heterocycles. The van der Waals surface area contributed by atoms with Crippen LogP contribution in [0, 0.1) is 0 Å². The SMILES string of the molecule is NCCC(O)C(O)c1ccc(O)c(Br)c1. The lowest BCUT2D eigenvalue weighted by atomic mass is 10.0. The number of phenolic OH excluding ortho intramolecular Hbond substituents is 1. The third-order valence-electron chi connectivity index (χ3n) is 2.14. The largest absolute Gasteiger partial charge is 0.507 e. The van der Waals surface area contributed by atoms with Gasteiger partial charge in [-0.1, -0.05) is 6.07 Å². The molecule has 0 aliphatic heterocycles. The van der Waals surface area contributed by atoms with E-state index in [1.807, 2.05) is 0 Å². The molecule has 0 aliphatic rings. The van der Waals surface area contributed by atoms with Crippen molar-refractivity contribution in [3.63, 3.8) is 0 Å². The summed E-state index contributed by atoms with van der Waals surface area (Å²) in [6.07, 6.45) is -1.53. The summed E-state index contributed by atoms with van der Waals surface area (Å²) >= 11 is 3.14. The molecule has 5 heteroatoms. The molecule has 0 saturated heterocycles. The molecule has 5 N–H and O–H groups in total. The number of aliphatic hydroxyl groups is 2. The highest BCUT2D eigenvalue weighted by Crippen LogP contribution is 2.28. The maximum absolute atomic E-state index is 9.73. The Bertz CT molecular complexity index is 332. The highest BCUT2D eigenvalue weighted by Gasteiger charge is 2.18. The van der Waals surface area contributed by atoms with Gasteiger partial charge in [-0.3, -0.25) is 0 Å². The molecule has 15 heavy (non-hydrogen) atoms. The summed E-state index contributed by atoms with van der Waals surface area (Å²) in [7, 11) is 0. The molecular weight excluding hydrogens is 262 g/mol. The monoisotopic (exact) mass is 275 g/mol. The number of hydrogen-bond acceptors (Lipinski definition) is 4. The molecule has 2 atom stereocenters. The predicted octanol–water partition coefficient (Wildman–Crippen LogP) is 0.898. The first-order valence-electron chi connectivity index (χ1n) is 4.61. The van der Waals surface area contributed by atoms with Crippen LogP contribution in [0.2, 0.25) is 0 Å². The van der Waals surface area contributed by atoms with E-state index in [-0.39, 0.29) is 5.75 Å². The molecular formula is C10H14BrNO3. The van der Waals surface area contributed by atoms with E-state index in [2.05, 4.69) is 15.9 Å². The van der Waals surface area contributed by atoms with E-state index in [1.54, 1.807) is 12.1 Å². The van der Waals surface area contributed by atoms with E-state index in [0.717, 1.165) is 0 Å². The third kappa shape index (κ3) is 3.17. The Balaban J connectivity index is 2.81. The molecule has 0 saturated carbocycles. The van der Waals surface area contributed by atoms with Crippen LogP contribution in [0.5, 0.6) is 5.75 Å². The van der Waals surface area contributed by atoms with Crippen molar-refractivity contribution in [2.75, 3.05) is 6.54 Å². The maximum atomic E-state index is 9.73. The van der Waals surface area contributed by atoms with Crippen LogP contribution in [0.3, 0.4) is 0 Å². The second-order valence-corrected chi connectivity index (χ2v) is 4.15. The Morgan fingerprint density at radius 3 is 2.53 bits per heavy atom. The zero-order valence-electron chi connectivity index (χ0n) is 8.10.